The average molecular weight is 266 g/mol. The van der Waals surface area contributed by atoms with Gasteiger partial charge in [0.1, 0.15) is 11.7 Å². The summed E-state index contributed by atoms with van der Waals surface area (Å²) in [7, 11) is 0. The number of carbonyl (C=O) groups excluding carboxylic acids is 2. The molecular weight excluding hydrogens is 251 g/mol. The molecule has 1 heterocycles. The zero-order valence-corrected chi connectivity index (χ0v) is 10.7. The van der Waals surface area contributed by atoms with Gasteiger partial charge in [0.05, 0.1) is 6.10 Å². The van der Waals surface area contributed by atoms with Gasteiger partial charge in [-0.15, -0.1) is 0 Å². The van der Waals surface area contributed by atoms with Crippen molar-refractivity contribution in [2.24, 2.45) is 5.92 Å². The van der Waals surface area contributed by atoms with E-state index in [1.54, 1.807) is 13.8 Å². The van der Waals surface area contributed by atoms with Gasteiger partial charge in [-0.05, 0) is 44.0 Å². The summed E-state index contributed by atoms with van der Waals surface area (Å²) in [6.45, 7) is 3.51. The Morgan fingerprint density at radius 1 is 1.53 bits per heavy atom. The lowest BCUT2D eigenvalue weighted by Gasteiger charge is -2.24. The van der Waals surface area contributed by atoms with Crippen molar-refractivity contribution in [1.29, 1.82) is 0 Å². The molecule has 0 saturated carbocycles. The Kier molecular flexibility index (Phi) is 3.80. The molecule has 1 aromatic rings. The van der Waals surface area contributed by atoms with Crippen LogP contribution in [0.4, 0.5) is 10.1 Å². The number of hydroxylamine groups is 1. The van der Waals surface area contributed by atoms with Crippen molar-refractivity contribution in [3.63, 3.8) is 0 Å². The molecule has 0 bridgehead atoms. The van der Waals surface area contributed by atoms with Crippen molar-refractivity contribution in [2.45, 2.75) is 26.4 Å². The summed E-state index contributed by atoms with van der Waals surface area (Å²) in [5.41, 5.74) is 3.38. The van der Waals surface area contributed by atoms with Crippen LogP contribution in [0.15, 0.2) is 18.2 Å². The van der Waals surface area contributed by atoms with Gasteiger partial charge >= 0.3 is 0 Å². The second-order valence-electron chi connectivity index (χ2n) is 4.68. The summed E-state index contributed by atoms with van der Waals surface area (Å²) < 4.78 is 13.1. The van der Waals surface area contributed by atoms with E-state index in [9.17, 15) is 14.0 Å². The van der Waals surface area contributed by atoms with E-state index < -0.39 is 23.5 Å². The fraction of sp³-hybridized carbons (Fsp3) is 0.385. The summed E-state index contributed by atoms with van der Waals surface area (Å²) in [4.78, 5) is 28.6. The Morgan fingerprint density at radius 3 is 2.95 bits per heavy atom. The monoisotopic (exact) mass is 266 g/mol. The molecule has 0 radical (unpaired) electrons. The fourth-order valence-electron chi connectivity index (χ4n) is 1.84. The molecule has 6 heteroatoms. The number of nitrogens with one attached hydrogen (secondary N) is 2. The maximum atomic E-state index is 13.1. The second-order valence-corrected chi connectivity index (χ2v) is 4.68. The first kappa shape index (κ1) is 13.5. The van der Waals surface area contributed by atoms with E-state index in [1.807, 2.05) is 0 Å². The smallest absolute Gasteiger partial charge is 0.256 e. The van der Waals surface area contributed by atoms with Gasteiger partial charge < -0.3 is 5.32 Å². The number of benzene rings is 1. The van der Waals surface area contributed by atoms with E-state index in [0.29, 0.717) is 11.3 Å². The summed E-state index contributed by atoms with van der Waals surface area (Å²) >= 11 is 0. The number of fused-ring (bicyclic) bond motifs is 1. The highest BCUT2D eigenvalue weighted by Crippen LogP contribution is 2.26. The second kappa shape index (κ2) is 5.36. The number of amides is 2. The molecule has 0 saturated heterocycles. The highest BCUT2D eigenvalue weighted by Gasteiger charge is 2.32. The predicted molar refractivity (Wildman–Crippen MR) is 66.6 cm³/mol. The third-order valence-corrected chi connectivity index (χ3v) is 2.78. The van der Waals surface area contributed by atoms with Crippen LogP contribution in [0.3, 0.4) is 0 Å². The highest BCUT2D eigenvalue weighted by atomic mass is 19.1. The molecular formula is C13H15FN2O3. The van der Waals surface area contributed by atoms with E-state index in [2.05, 4.69) is 10.8 Å². The Bertz CT molecular complexity index is 517. The standard InChI is InChI=1S/C13H15FN2O3/c1-7(2)19-16-13(18)10-6-8-5-9(14)3-4-11(8)15-12(10)17/h3-5,7,10H,6H2,1-2H3,(H,15,17)(H,16,18). The van der Waals surface area contributed by atoms with Crippen LogP contribution in [-0.4, -0.2) is 17.9 Å². The largest absolute Gasteiger partial charge is 0.325 e. The van der Waals surface area contributed by atoms with Crippen molar-refractivity contribution < 1.29 is 18.8 Å². The van der Waals surface area contributed by atoms with Crippen molar-refractivity contribution in [3.05, 3.63) is 29.6 Å². The van der Waals surface area contributed by atoms with E-state index in [4.69, 9.17) is 4.84 Å². The van der Waals surface area contributed by atoms with Crippen molar-refractivity contribution >= 4 is 17.5 Å². The van der Waals surface area contributed by atoms with Crippen LogP contribution in [-0.2, 0) is 20.8 Å². The van der Waals surface area contributed by atoms with Crippen LogP contribution in [0.2, 0.25) is 0 Å². The Hall–Kier alpha value is -1.95. The minimum Gasteiger partial charge on any atom is -0.325 e. The molecule has 1 aromatic carbocycles. The molecule has 0 fully saturated rings. The van der Waals surface area contributed by atoms with E-state index in [0.717, 1.165) is 0 Å². The number of rotatable bonds is 3. The topological polar surface area (TPSA) is 67.4 Å². The molecule has 0 spiro atoms. The van der Waals surface area contributed by atoms with Crippen LogP contribution in [0.5, 0.6) is 0 Å². The molecule has 2 amide bonds. The number of hydrogen-bond donors (Lipinski definition) is 2. The number of carbonyl (C=O) groups is 2. The predicted octanol–water partition coefficient (Wildman–Crippen LogP) is 1.39. The molecule has 0 aliphatic carbocycles. The lowest BCUT2D eigenvalue weighted by Crippen LogP contribution is -2.42. The third-order valence-electron chi connectivity index (χ3n) is 2.78. The first-order chi connectivity index (χ1) is 8.97. The minimum absolute atomic E-state index is 0.159. The SMILES string of the molecule is CC(C)ONC(=O)C1Cc2cc(F)ccc2NC1=O. The van der Waals surface area contributed by atoms with Crippen LogP contribution in [0, 0.1) is 11.7 Å². The van der Waals surface area contributed by atoms with Gasteiger partial charge in [-0.1, -0.05) is 0 Å². The highest BCUT2D eigenvalue weighted by molar-refractivity contribution is 6.08. The molecule has 2 N–H and O–H groups in total. The van der Waals surface area contributed by atoms with Crippen LogP contribution in [0.1, 0.15) is 19.4 Å². The quantitative estimate of drug-likeness (QED) is 0.642. The van der Waals surface area contributed by atoms with Gasteiger partial charge in [0.25, 0.3) is 5.91 Å². The van der Waals surface area contributed by atoms with Gasteiger partial charge in [0, 0.05) is 5.69 Å². The molecule has 102 valence electrons. The maximum Gasteiger partial charge on any atom is 0.256 e. The lowest BCUT2D eigenvalue weighted by atomic mass is 9.92. The molecule has 1 aliphatic rings. The molecule has 19 heavy (non-hydrogen) atoms. The van der Waals surface area contributed by atoms with Crippen LogP contribution in [0.25, 0.3) is 0 Å². The third kappa shape index (κ3) is 3.08. The van der Waals surface area contributed by atoms with Crippen molar-refractivity contribution in [2.75, 3.05) is 5.32 Å². The molecule has 1 atom stereocenters. The Morgan fingerprint density at radius 2 is 2.26 bits per heavy atom. The van der Waals surface area contributed by atoms with Crippen LogP contribution >= 0.6 is 0 Å². The number of hydrogen-bond acceptors (Lipinski definition) is 3. The molecule has 0 aromatic heterocycles. The summed E-state index contributed by atoms with van der Waals surface area (Å²) in [5, 5.41) is 2.58. The fourth-order valence-corrected chi connectivity index (χ4v) is 1.84. The lowest BCUT2D eigenvalue weighted by molar-refractivity contribution is -0.145. The zero-order valence-electron chi connectivity index (χ0n) is 10.7. The van der Waals surface area contributed by atoms with Crippen molar-refractivity contribution in [3.8, 4) is 0 Å². The maximum absolute atomic E-state index is 13.1. The Balaban J connectivity index is 2.12. The summed E-state index contributed by atoms with van der Waals surface area (Å²) in [6, 6.07) is 4.07. The van der Waals surface area contributed by atoms with Gasteiger partial charge in [-0.2, -0.15) is 0 Å². The van der Waals surface area contributed by atoms with E-state index in [-0.39, 0.29) is 12.5 Å². The van der Waals surface area contributed by atoms with Crippen molar-refractivity contribution in [1.82, 2.24) is 5.48 Å². The van der Waals surface area contributed by atoms with E-state index in [1.165, 1.54) is 18.2 Å². The first-order valence-corrected chi connectivity index (χ1v) is 6.02. The normalized spacial score (nSPS) is 17.9. The molecule has 5 nitrogen and oxygen atoms in total. The van der Waals surface area contributed by atoms with Gasteiger partial charge in [0.2, 0.25) is 5.91 Å². The zero-order chi connectivity index (χ0) is 14.0. The van der Waals surface area contributed by atoms with Gasteiger partial charge in [-0.3, -0.25) is 14.4 Å². The Labute approximate surface area is 110 Å². The van der Waals surface area contributed by atoms with Gasteiger partial charge in [0.15, 0.2) is 0 Å². The average Bonchev–Trinajstić information content (AvgIpc) is 2.35. The molecule has 2 rings (SSSR count). The summed E-state index contributed by atoms with van der Waals surface area (Å²) in [5.74, 6) is -2.24. The first-order valence-electron chi connectivity index (χ1n) is 6.02. The molecule has 1 unspecified atom stereocenters. The summed E-state index contributed by atoms with van der Waals surface area (Å²) in [6.07, 6.45) is -0.0213. The van der Waals surface area contributed by atoms with Gasteiger partial charge in [-0.25, -0.2) is 9.87 Å². The van der Waals surface area contributed by atoms with E-state index >= 15 is 0 Å². The van der Waals surface area contributed by atoms with Crippen LogP contribution < -0.4 is 10.8 Å². The minimum atomic E-state index is -0.909. The number of anilines is 1. The number of halogens is 1. The molecule has 1 aliphatic heterocycles.